The summed E-state index contributed by atoms with van der Waals surface area (Å²) in [6, 6.07) is 0. The van der Waals surface area contributed by atoms with Gasteiger partial charge < -0.3 is 19.7 Å². The van der Waals surface area contributed by atoms with E-state index in [4.69, 9.17) is 19.7 Å². The standard InChI is InChI=1S/C38H58O8/c1-23(2)24-14-19-38(22-45-31(43)12-10-29(39)40)21-20-36(6)25(33(24)38)8-9-27-35(5)17-16-28(46-32(44)13-11-30(41)42)34(3,4)26(35)15-18-37(27,36)7/h24-28,33H,1,8-22H2,2-7H3,(H,39,40)(H,41,42)/t24-,25+,26+,27-,28+,33+,35-,36+,37-,38-/m0/s1. The van der Waals surface area contributed by atoms with Crippen LogP contribution in [0.3, 0.4) is 0 Å². The van der Waals surface area contributed by atoms with Crippen molar-refractivity contribution in [2.75, 3.05) is 6.61 Å². The van der Waals surface area contributed by atoms with Crippen LogP contribution in [0.5, 0.6) is 0 Å². The number of hydrogen-bond donors (Lipinski definition) is 2. The van der Waals surface area contributed by atoms with E-state index < -0.39 is 23.9 Å². The van der Waals surface area contributed by atoms with Crippen LogP contribution in [-0.4, -0.2) is 46.8 Å². The number of ether oxygens (including phenoxy) is 2. The highest BCUT2D eigenvalue weighted by molar-refractivity contribution is 5.77. The minimum atomic E-state index is -0.980. The summed E-state index contributed by atoms with van der Waals surface area (Å²) in [5.74, 6) is -0.505. The second kappa shape index (κ2) is 12.3. The molecule has 0 bridgehead atoms. The Kier molecular flexibility index (Phi) is 9.31. The van der Waals surface area contributed by atoms with Gasteiger partial charge in [0.1, 0.15) is 6.10 Å². The fraction of sp³-hybridized carbons (Fsp3) is 0.842. The highest BCUT2D eigenvalue weighted by Crippen LogP contribution is 2.77. The third kappa shape index (κ3) is 5.61. The van der Waals surface area contributed by atoms with E-state index in [1.165, 1.54) is 5.57 Å². The number of allylic oxidation sites excluding steroid dienone is 1. The molecule has 5 aliphatic carbocycles. The molecule has 0 radical (unpaired) electrons. The van der Waals surface area contributed by atoms with E-state index in [1.807, 2.05) is 0 Å². The first-order valence-corrected chi connectivity index (χ1v) is 17.9. The zero-order valence-electron chi connectivity index (χ0n) is 29.1. The molecule has 0 heterocycles. The zero-order valence-corrected chi connectivity index (χ0v) is 29.1. The zero-order chi connectivity index (χ0) is 33.9. The normalized spacial score (nSPS) is 42.4. The average molecular weight is 643 g/mol. The highest BCUT2D eigenvalue weighted by Gasteiger charge is 2.71. The largest absolute Gasteiger partial charge is 0.481 e. The number of rotatable bonds is 10. The van der Waals surface area contributed by atoms with Crippen LogP contribution in [0.2, 0.25) is 0 Å². The van der Waals surface area contributed by atoms with Gasteiger partial charge in [0.05, 0.1) is 32.3 Å². The van der Waals surface area contributed by atoms with E-state index in [-0.39, 0.29) is 58.9 Å². The third-order valence-electron chi connectivity index (χ3n) is 15.1. The van der Waals surface area contributed by atoms with Crippen LogP contribution in [-0.2, 0) is 28.7 Å². The van der Waals surface area contributed by atoms with E-state index >= 15 is 0 Å². The molecule has 0 aromatic heterocycles. The Labute approximate surface area is 275 Å². The molecule has 0 aromatic carbocycles. The molecule has 0 saturated heterocycles. The van der Waals surface area contributed by atoms with Crippen LogP contribution in [0.1, 0.15) is 131 Å². The highest BCUT2D eigenvalue weighted by atomic mass is 16.5. The molecule has 8 nitrogen and oxygen atoms in total. The minimum absolute atomic E-state index is 0.0818. The predicted molar refractivity (Wildman–Crippen MR) is 174 cm³/mol. The summed E-state index contributed by atoms with van der Waals surface area (Å²) < 4.78 is 11.9. The van der Waals surface area contributed by atoms with E-state index in [0.717, 1.165) is 64.2 Å². The molecule has 0 amide bonds. The van der Waals surface area contributed by atoms with E-state index in [1.54, 1.807) is 0 Å². The molecule has 10 atom stereocenters. The first kappa shape index (κ1) is 34.9. The first-order valence-electron chi connectivity index (χ1n) is 17.9. The fourth-order valence-electron chi connectivity index (χ4n) is 12.7. The minimum Gasteiger partial charge on any atom is -0.481 e. The number of esters is 2. The van der Waals surface area contributed by atoms with Crippen LogP contribution in [0, 0.1) is 56.7 Å². The van der Waals surface area contributed by atoms with Crippen molar-refractivity contribution in [1.82, 2.24) is 0 Å². The maximum Gasteiger partial charge on any atom is 0.306 e. The number of carbonyl (C=O) groups excluding carboxylic acids is 2. The van der Waals surface area contributed by atoms with Gasteiger partial charge in [0.2, 0.25) is 0 Å². The maximum absolute atomic E-state index is 12.6. The second-order valence-corrected chi connectivity index (χ2v) is 17.3. The lowest BCUT2D eigenvalue weighted by atomic mass is 9.32. The number of hydrogen-bond acceptors (Lipinski definition) is 6. The fourth-order valence-corrected chi connectivity index (χ4v) is 12.7. The van der Waals surface area contributed by atoms with Gasteiger partial charge in [-0.2, -0.15) is 0 Å². The van der Waals surface area contributed by atoms with Gasteiger partial charge in [-0.25, -0.2) is 0 Å². The molecule has 0 aliphatic heterocycles. The van der Waals surface area contributed by atoms with Crippen molar-refractivity contribution in [3.05, 3.63) is 12.2 Å². The Morgan fingerprint density at radius 2 is 1.37 bits per heavy atom. The quantitative estimate of drug-likeness (QED) is 0.182. The van der Waals surface area contributed by atoms with Gasteiger partial charge in [0.25, 0.3) is 0 Å². The number of carboxylic acid groups (broad SMARTS) is 2. The van der Waals surface area contributed by atoms with Crippen LogP contribution in [0.25, 0.3) is 0 Å². The molecule has 8 heteroatoms. The van der Waals surface area contributed by atoms with Crippen molar-refractivity contribution >= 4 is 23.9 Å². The topological polar surface area (TPSA) is 127 Å². The van der Waals surface area contributed by atoms with Crippen molar-refractivity contribution in [3.8, 4) is 0 Å². The number of carbonyl (C=O) groups is 4. The molecular formula is C38H58O8. The molecule has 0 aromatic rings. The lowest BCUT2D eigenvalue weighted by molar-refractivity contribution is -0.252. The summed E-state index contributed by atoms with van der Waals surface area (Å²) in [6.45, 7) is 19.2. The van der Waals surface area contributed by atoms with Gasteiger partial charge in [-0.15, -0.1) is 0 Å². The number of fused-ring (bicyclic) bond motifs is 7. The van der Waals surface area contributed by atoms with Crippen molar-refractivity contribution in [3.63, 3.8) is 0 Å². The lowest BCUT2D eigenvalue weighted by Gasteiger charge is -2.73. The molecule has 258 valence electrons. The van der Waals surface area contributed by atoms with Crippen LogP contribution < -0.4 is 0 Å². The molecule has 5 saturated carbocycles. The van der Waals surface area contributed by atoms with E-state index in [2.05, 4.69) is 48.1 Å². The lowest BCUT2D eigenvalue weighted by Crippen LogP contribution is -2.67. The van der Waals surface area contributed by atoms with Crippen molar-refractivity contribution < 1.29 is 38.9 Å². The van der Waals surface area contributed by atoms with Crippen LogP contribution >= 0.6 is 0 Å². The summed E-state index contributed by atoms with van der Waals surface area (Å²) in [7, 11) is 0. The van der Waals surface area contributed by atoms with Gasteiger partial charge >= 0.3 is 23.9 Å². The monoisotopic (exact) mass is 642 g/mol. The Bertz CT molecular complexity index is 1250. The van der Waals surface area contributed by atoms with Crippen LogP contribution in [0.15, 0.2) is 12.2 Å². The van der Waals surface area contributed by atoms with Crippen LogP contribution in [0.4, 0.5) is 0 Å². The SMILES string of the molecule is C=C(C)[C@@H]1CC[C@@]2(COC(=O)CCC(=O)O)CC[C@]3(C)[C@H](CC[C@H]4[C@@]5(C)CC[C@@H](OC(=O)CCC(=O)O)C(C)(C)[C@H]5CC[C@@]43C)[C@@H]12. The maximum atomic E-state index is 12.6. The molecule has 0 unspecified atom stereocenters. The summed E-state index contributed by atoms with van der Waals surface area (Å²) in [4.78, 5) is 47.3. The predicted octanol–water partition coefficient (Wildman–Crippen LogP) is 7.83. The molecular weight excluding hydrogens is 584 g/mol. The van der Waals surface area contributed by atoms with Crippen molar-refractivity contribution in [1.29, 1.82) is 0 Å². The Hall–Kier alpha value is -2.38. The van der Waals surface area contributed by atoms with Gasteiger partial charge in [-0.3, -0.25) is 19.2 Å². The van der Waals surface area contributed by atoms with Crippen molar-refractivity contribution in [2.45, 2.75) is 138 Å². The van der Waals surface area contributed by atoms with Gasteiger partial charge in [0.15, 0.2) is 0 Å². The Morgan fingerprint density at radius 1 is 0.717 bits per heavy atom. The average Bonchev–Trinajstić information content (AvgIpc) is 3.36. The first-order chi connectivity index (χ1) is 21.4. The van der Waals surface area contributed by atoms with E-state index in [9.17, 15) is 19.2 Å². The molecule has 5 rings (SSSR count). The molecule has 5 fully saturated rings. The van der Waals surface area contributed by atoms with E-state index in [0.29, 0.717) is 36.2 Å². The molecule has 5 aliphatic rings. The Morgan fingerprint density at radius 3 is 2.00 bits per heavy atom. The summed E-state index contributed by atoms with van der Waals surface area (Å²) in [6.07, 6.45) is 9.79. The van der Waals surface area contributed by atoms with Gasteiger partial charge in [-0.1, -0.05) is 46.8 Å². The molecule has 46 heavy (non-hydrogen) atoms. The smallest absolute Gasteiger partial charge is 0.306 e. The summed E-state index contributed by atoms with van der Waals surface area (Å²) >= 11 is 0. The van der Waals surface area contributed by atoms with Crippen molar-refractivity contribution in [2.24, 2.45) is 56.7 Å². The Balaban J connectivity index is 1.38. The van der Waals surface area contributed by atoms with Gasteiger partial charge in [-0.05, 0) is 117 Å². The molecule has 0 spiro atoms. The third-order valence-corrected chi connectivity index (χ3v) is 15.1. The molecule has 2 N–H and O–H groups in total. The number of aliphatic carboxylic acids is 2. The number of carboxylic acids is 2. The second-order valence-electron chi connectivity index (χ2n) is 17.3. The summed E-state index contributed by atoms with van der Waals surface area (Å²) in [5, 5.41) is 18.1. The van der Waals surface area contributed by atoms with Gasteiger partial charge in [0, 0.05) is 10.8 Å². The summed E-state index contributed by atoms with van der Waals surface area (Å²) in [5.41, 5.74) is 1.35.